The van der Waals surface area contributed by atoms with E-state index < -0.39 is 10.8 Å². The van der Waals surface area contributed by atoms with E-state index in [-0.39, 0.29) is 11.3 Å². The maximum Gasteiger partial charge on any atom is 0.293 e. The summed E-state index contributed by atoms with van der Waals surface area (Å²) in [5.74, 6) is -0.695. The van der Waals surface area contributed by atoms with Crippen molar-refractivity contribution in [2.75, 3.05) is 23.3 Å². The Kier molecular flexibility index (Phi) is 4.33. The van der Waals surface area contributed by atoms with Crippen molar-refractivity contribution in [1.29, 1.82) is 0 Å². The van der Waals surface area contributed by atoms with Crippen molar-refractivity contribution in [3.63, 3.8) is 0 Å². The Labute approximate surface area is 139 Å². The van der Waals surface area contributed by atoms with Gasteiger partial charge in [0.1, 0.15) is 5.69 Å². The minimum Gasteiger partial charge on any atom is -0.372 e. The minimum absolute atomic E-state index is 0.108. The average molecular weight is 326 g/mol. The van der Waals surface area contributed by atoms with Gasteiger partial charge in [-0.15, -0.1) is 0 Å². The first-order valence-electron chi connectivity index (χ1n) is 7.75. The van der Waals surface area contributed by atoms with Crippen LogP contribution >= 0.6 is 0 Å². The van der Waals surface area contributed by atoms with Crippen LogP contribution in [0.5, 0.6) is 0 Å². The number of nitro groups is 1. The molecule has 0 atom stereocenters. The predicted octanol–water partition coefficient (Wildman–Crippen LogP) is 3.04. The Bertz CT molecular complexity index is 768. The molecule has 0 aromatic heterocycles. The van der Waals surface area contributed by atoms with Crippen molar-refractivity contribution in [2.24, 2.45) is 5.73 Å². The molecule has 0 bridgehead atoms. The van der Waals surface area contributed by atoms with Gasteiger partial charge in [0.25, 0.3) is 5.69 Å². The van der Waals surface area contributed by atoms with Gasteiger partial charge in [0.2, 0.25) is 5.91 Å². The van der Waals surface area contributed by atoms with Gasteiger partial charge in [-0.3, -0.25) is 14.9 Å². The van der Waals surface area contributed by atoms with Crippen LogP contribution in [0, 0.1) is 10.1 Å². The van der Waals surface area contributed by atoms with Crippen molar-refractivity contribution in [1.82, 2.24) is 0 Å². The molecule has 0 radical (unpaired) electrons. The third kappa shape index (κ3) is 3.29. The molecule has 24 heavy (non-hydrogen) atoms. The average Bonchev–Trinajstić information content (AvgIpc) is 3.10. The number of hydrogen-bond donors (Lipinski definition) is 2. The van der Waals surface area contributed by atoms with Crippen LogP contribution in [0.25, 0.3) is 0 Å². The summed E-state index contributed by atoms with van der Waals surface area (Å²) in [6, 6.07) is 11.9. The molecule has 0 unspecified atom stereocenters. The first kappa shape index (κ1) is 15.8. The summed E-state index contributed by atoms with van der Waals surface area (Å²) in [7, 11) is 0. The second-order valence-corrected chi connectivity index (χ2v) is 5.72. The van der Waals surface area contributed by atoms with Crippen LogP contribution in [0.15, 0.2) is 42.5 Å². The summed E-state index contributed by atoms with van der Waals surface area (Å²) >= 11 is 0. The van der Waals surface area contributed by atoms with Crippen LogP contribution in [-0.2, 0) is 0 Å². The third-order valence-corrected chi connectivity index (χ3v) is 4.10. The second kappa shape index (κ2) is 6.57. The van der Waals surface area contributed by atoms with Gasteiger partial charge in [-0.2, -0.15) is 0 Å². The molecule has 0 spiro atoms. The molecule has 1 aliphatic rings. The van der Waals surface area contributed by atoms with Crippen LogP contribution in [0.4, 0.5) is 22.7 Å². The number of nitro benzene ring substituents is 1. The van der Waals surface area contributed by atoms with Gasteiger partial charge >= 0.3 is 0 Å². The van der Waals surface area contributed by atoms with Crippen molar-refractivity contribution in [3.8, 4) is 0 Å². The number of rotatable bonds is 5. The van der Waals surface area contributed by atoms with Gasteiger partial charge in [-0.05, 0) is 49.2 Å². The number of hydrogen-bond acceptors (Lipinski definition) is 5. The molecule has 2 aromatic carbocycles. The number of carbonyl (C=O) groups excluding carboxylic acids is 1. The van der Waals surface area contributed by atoms with Crippen LogP contribution in [0.1, 0.15) is 23.2 Å². The zero-order chi connectivity index (χ0) is 17.1. The monoisotopic (exact) mass is 326 g/mol. The first-order valence-corrected chi connectivity index (χ1v) is 7.75. The zero-order valence-corrected chi connectivity index (χ0v) is 13.1. The summed E-state index contributed by atoms with van der Waals surface area (Å²) in [6.45, 7) is 2.12. The summed E-state index contributed by atoms with van der Waals surface area (Å²) in [5.41, 5.74) is 7.31. The van der Waals surface area contributed by atoms with E-state index in [4.69, 9.17) is 5.73 Å². The second-order valence-electron chi connectivity index (χ2n) is 5.72. The lowest BCUT2D eigenvalue weighted by molar-refractivity contribution is -0.383. The fourth-order valence-electron chi connectivity index (χ4n) is 2.83. The normalized spacial score (nSPS) is 13.8. The topological polar surface area (TPSA) is 102 Å². The molecule has 1 fully saturated rings. The van der Waals surface area contributed by atoms with Gasteiger partial charge < -0.3 is 16.0 Å². The van der Waals surface area contributed by atoms with E-state index in [0.29, 0.717) is 5.69 Å². The van der Waals surface area contributed by atoms with E-state index in [0.717, 1.165) is 24.5 Å². The number of primary amides is 1. The highest BCUT2D eigenvalue weighted by atomic mass is 16.6. The van der Waals surface area contributed by atoms with E-state index in [1.165, 1.54) is 31.0 Å². The lowest BCUT2D eigenvalue weighted by Gasteiger charge is -2.18. The fraction of sp³-hybridized carbons (Fsp3) is 0.235. The number of amides is 1. The standard InChI is InChI=1S/C17H18N4O3/c18-17(22)12-3-8-15(16(11-12)21(23)24)19-13-4-6-14(7-5-13)20-9-1-2-10-20/h3-8,11,19H,1-2,9-10H2,(H2,18,22). The molecule has 3 N–H and O–H groups in total. The molecule has 124 valence electrons. The molecule has 7 heteroatoms. The van der Waals surface area contributed by atoms with Crippen molar-refractivity contribution in [3.05, 3.63) is 58.1 Å². The summed E-state index contributed by atoms with van der Waals surface area (Å²) in [4.78, 5) is 24.2. The number of nitrogens with one attached hydrogen (secondary N) is 1. The zero-order valence-electron chi connectivity index (χ0n) is 13.1. The van der Waals surface area contributed by atoms with E-state index in [2.05, 4.69) is 10.2 Å². The molecule has 1 amide bonds. The Morgan fingerprint density at radius 2 is 1.79 bits per heavy atom. The molecule has 0 saturated carbocycles. The first-order chi connectivity index (χ1) is 11.5. The van der Waals surface area contributed by atoms with Crippen molar-refractivity contribution in [2.45, 2.75) is 12.8 Å². The molecule has 0 aliphatic carbocycles. The van der Waals surface area contributed by atoms with Crippen LogP contribution in [0.3, 0.4) is 0 Å². The summed E-state index contributed by atoms with van der Waals surface area (Å²) in [5, 5.41) is 14.2. The number of nitrogens with two attached hydrogens (primary N) is 1. The summed E-state index contributed by atoms with van der Waals surface area (Å²) in [6.07, 6.45) is 2.41. The Morgan fingerprint density at radius 3 is 2.38 bits per heavy atom. The van der Waals surface area contributed by atoms with Gasteiger partial charge in [-0.25, -0.2) is 0 Å². The van der Waals surface area contributed by atoms with E-state index in [1.54, 1.807) is 0 Å². The van der Waals surface area contributed by atoms with Crippen molar-refractivity contribution >= 4 is 28.7 Å². The van der Waals surface area contributed by atoms with E-state index >= 15 is 0 Å². The van der Waals surface area contributed by atoms with Crippen LogP contribution < -0.4 is 16.0 Å². The molecule has 3 rings (SSSR count). The molecule has 1 heterocycles. The molecular formula is C17H18N4O3. The molecule has 7 nitrogen and oxygen atoms in total. The Morgan fingerprint density at radius 1 is 1.12 bits per heavy atom. The number of benzene rings is 2. The highest BCUT2D eigenvalue weighted by molar-refractivity contribution is 5.94. The van der Waals surface area contributed by atoms with Gasteiger partial charge in [0, 0.05) is 36.1 Å². The lowest BCUT2D eigenvalue weighted by atomic mass is 10.1. The van der Waals surface area contributed by atoms with Crippen molar-refractivity contribution < 1.29 is 9.72 Å². The SMILES string of the molecule is NC(=O)c1ccc(Nc2ccc(N3CCCC3)cc2)c([N+](=O)[O-])c1. The van der Waals surface area contributed by atoms with Gasteiger partial charge in [0.15, 0.2) is 0 Å². The van der Waals surface area contributed by atoms with Gasteiger partial charge in [-0.1, -0.05) is 0 Å². The highest BCUT2D eigenvalue weighted by Crippen LogP contribution is 2.30. The predicted molar refractivity (Wildman–Crippen MR) is 92.8 cm³/mol. The fourth-order valence-corrected chi connectivity index (χ4v) is 2.83. The lowest BCUT2D eigenvalue weighted by Crippen LogP contribution is -2.17. The van der Waals surface area contributed by atoms with E-state index in [9.17, 15) is 14.9 Å². The molecule has 1 aliphatic heterocycles. The minimum atomic E-state index is -0.695. The van der Waals surface area contributed by atoms with E-state index in [1.807, 2.05) is 24.3 Å². The molecule has 2 aromatic rings. The van der Waals surface area contributed by atoms with Gasteiger partial charge in [0.05, 0.1) is 4.92 Å². The van der Waals surface area contributed by atoms with Crippen LogP contribution in [-0.4, -0.2) is 23.9 Å². The van der Waals surface area contributed by atoms with Crippen LogP contribution in [0.2, 0.25) is 0 Å². The molecule has 1 saturated heterocycles. The summed E-state index contributed by atoms with van der Waals surface area (Å²) < 4.78 is 0. The maximum absolute atomic E-state index is 11.2. The quantitative estimate of drug-likeness (QED) is 0.649. The third-order valence-electron chi connectivity index (χ3n) is 4.10. The Hall–Kier alpha value is -3.09. The number of anilines is 3. The number of carbonyl (C=O) groups is 1. The molecular weight excluding hydrogens is 308 g/mol. The Balaban J connectivity index is 1.82. The smallest absolute Gasteiger partial charge is 0.293 e. The largest absolute Gasteiger partial charge is 0.372 e. The maximum atomic E-state index is 11.2. The highest BCUT2D eigenvalue weighted by Gasteiger charge is 2.17. The number of nitrogens with zero attached hydrogens (tertiary/aromatic N) is 2.